The van der Waals surface area contributed by atoms with E-state index in [4.69, 9.17) is 14.2 Å². The van der Waals surface area contributed by atoms with Crippen molar-refractivity contribution in [1.82, 2.24) is 0 Å². The number of halogens is 10. The van der Waals surface area contributed by atoms with Gasteiger partial charge in [0.25, 0.3) is 0 Å². The van der Waals surface area contributed by atoms with Gasteiger partial charge in [-0.15, -0.1) is 0 Å². The van der Waals surface area contributed by atoms with Crippen LogP contribution in [0.2, 0.25) is 0 Å². The number of aryl methyl sites for hydroxylation is 2. The lowest BCUT2D eigenvalue weighted by Gasteiger charge is -2.34. The van der Waals surface area contributed by atoms with Crippen LogP contribution in [-0.4, -0.2) is 70.5 Å². The number of hydrogen-bond acceptors (Lipinski definition) is 6. The highest BCUT2D eigenvalue weighted by atomic mass is 19.4. The number of aliphatic hydroxyl groups is 3. The fourth-order valence-corrected chi connectivity index (χ4v) is 7.30. The highest BCUT2D eigenvalue weighted by molar-refractivity contribution is 5.43. The molecule has 3 N–H and O–H groups in total. The average Bonchev–Trinajstić information content (AvgIpc) is 3.17. The summed E-state index contributed by atoms with van der Waals surface area (Å²) in [5, 5.41) is 29.4. The summed E-state index contributed by atoms with van der Waals surface area (Å²) in [6, 6.07) is 14.6. The summed E-state index contributed by atoms with van der Waals surface area (Å²) in [5.74, 6) is -0.425. The molecule has 60 heavy (non-hydrogen) atoms. The summed E-state index contributed by atoms with van der Waals surface area (Å²) in [6.45, 7) is 14.0. The molecule has 3 aromatic rings. The minimum atomic E-state index is -4.82. The van der Waals surface area contributed by atoms with E-state index < -0.39 is 78.2 Å². The van der Waals surface area contributed by atoms with Crippen molar-refractivity contribution in [1.29, 1.82) is 0 Å². The predicted molar refractivity (Wildman–Crippen MR) is 205 cm³/mol. The molecule has 3 aliphatic rings. The third kappa shape index (κ3) is 11.0. The molecule has 6 unspecified atom stereocenters. The molecule has 6 atom stereocenters. The Bertz CT molecular complexity index is 1880. The van der Waals surface area contributed by atoms with Gasteiger partial charge in [0.05, 0.1) is 19.8 Å². The Morgan fingerprint density at radius 1 is 0.517 bits per heavy atom. The van der Waals surface area contributed by atoms with E-state index in [1.54, 1.807) is 12.1 Å². The molecular weight excluding hydrogens is 814 g/mol. The van der Waals surface area contributed by atoms with Gasteiger partial charge in [-0.3, -0.25) is 0 Å². The van der Waals surface area contributed by atoms with Gasteiger partial charge in [0.1, 0.15) is 23.1 Å². The fraction of sp³-hybridized carbons (Fsp3) is 0.455. The Hall–Kier alpha value is -4.54. The maximum Gasteiger partial charge on any atom is 0.420 e. The third-order valence-corrected chi connectivity index (χ3v) is 11.0. The largest absolute Gasteiger partial charge is 0.493 e. The zero-order chi connectivity index (χ0) is 44.9. The third-order valence-electron chi connectivity index (χ3n) is 11.0. The van der Waals surface area contributed by atoms with Crippen molar-refractivity contribution in [3.8, 4) is 17.2 Å². The van der Waals surface area contributed by atoms with Gasteiger partial charge in [-0.2, -0.15) is 39.5 Å². The zero-order valence-electron chi connectivity index (χ0n) is 33.0. The van der Waals surface area contributed by atoms with Gasteiger partial charge in [0.15, 0.2) is 16.8 Å². The Morgan fingerprint density at radius 3 is 1.28 bits per heavy atom. The van der Waals surface area contributed by atoms with Crippen molar-refractivity contribution >= 4 is 0 Å². The van der Waals surface area contributed by atoms with E-state index in [-0.39, 0.29) is 13.0 Å². The number of rotatable bonds is 9. The molecule has 0 spiro atoms. The average molecular weight is 863 g/mol. The van der Waals surface area contributed by atoms with Crippen molar-refractivity contribution in [2.75, 3.05) is 19.8 Å². The van der Waals surface area contributed by atoms with Gasteiger partial charge >= 0.3 is 18.5 Å². The number of alkyl halides is 9. The standard InChI is InChI=1S/2C15H17F3O2.C14H14F4O2/c1-3-14(19,15(16,17)18)9-11-6-7-20-13-5-4-10(2)8-12(11)13;1-3-14(19,15(16,17)18)9-11-6-7-20-13-8-10(2)4-5-12(11)13;1-2-13(19,14(16,17)18)8-9-5-6-20-12-4-3-10(15)7-11(9)12/h2*3-5,8,11,19H,1,6-7,9H2,2H3;2-4,7,9,19H,1,5-6,8H2. The Balaban J connectivity index is 0.000000198. The van der Waals surface area contributed by atoms with Crippen LogP contribution in [0.5, 0.6) is 17.2 Å². The fourth-order valence-electron chi connectivity index (χ4n) is 7.30. The number of benzene rings is 3. The van der Waals surface area contributed by atoms with Crippen LogP contribution in [-0.2, 0) is 0 Å². The first kappa shape index (κ1) is 48.1. The maximum absolute atomic E-state index is 13.3. The topological polar surface area (TPSA) is 88.4 Å². The monoisotopic (exact) mass is 862 g/mol. The van der Waals surface area contributed by atoms with Crippen LogP contribution in [0.3, 0.4) is 0 Å². The normalized spacial score (nSPS) is 21.6. The van der Waals surface area contributed by atoms with Crippen LogP contribution in [0.4, 0.5) is 43.9 Å². The summed E-state index contributed by atoms with van der Waals surface area (Å²) < 4.78 is 146. The minimum absolute atomic E-state index is 0.231. The van der Waals surface area contributed by atoms with Gasteiger partial charge in [-0.25, -0.2) is 4.39 Å². The molecule has 330 valence electrons. The van der Waals surface area contributed by atoms with Crippen molar-refractivity contribution < 1.29 is 73.4 Å². The molecule has 0 amide bonds. The molecule has 6 rings (SSSR count). The lowest BCUT2D eigenvalue weighted by atomic mass is 9.82. The second kappa shape index (κ2) is 18.6. The van der Waals surface area contributed by atoms with Gasteiger partial charge in [0.2, 0.25) is 0 Å². The molecule has 3 heterocycles. The van der Waals surface area contributed by atoms with Crippen molar-refractivity contribution in [2.45, 2.75) is 105 Å². The van der Waals surface area contributed by atoms with E-state index >= 15 is 0 Å². The van der Waals surface area contributed by atoms with Gasteiger partial charge in [-0.1, -0.05) is 67.8 Å². The molecule has 3 aliphatic heterocycles. The first-order valence-corrected chi connectivity index (χ1v) is 19.0. The van der Waals surface area contributed by atoms with E-state index in [0.29, 0.717) is 72.7 Å². The van der Waals surface area contributed by atoms with Crippen molar-refractivity contribution in [3.05, 3.63) is 126 Å². The molecule has 0 saturated carbocycles. The lowest BCUT2D eigenvalue weighted by Crippen LogP contribution is -2.44. The van der Waals surface area contributed by atoms with E-state index in [2.05, 4.69) is 19.7 Å². The summed E-state index contributed by atoms with van der Waals surface area (Å²) in [5.41, 5.74) is -4.99. The van der Waals surface area contributed by atoms with E-state index in [9.17, 15) is 59.2 Å². The summed E-state index contributed by atoms with van der Waals surface area (Å²) in [6.07, 6.45) is -12.9. The minimum Gasteiger partial charge on any atom is -0.493 e. The molecule has 0 bridgehead atoms. The van der Waals surface area contributed by atoms with Crippen molar-refractivity contribution in [2.24, 2.45) is 0 Å². The Morgan fingerprint density at radius 2 is 0.867 bits per heavy atom. The molecule has 0 aromatic heterocycles. The molecule has 3 aromatic carbocycles. The van der Waals surface area contributed by atoms with Crippen LogP contribution < -0.4 is 14.2 Å². The van der Waals surface area contributed by atoms with Crippen LogP contribution >= 0.6 is 0 Å². The maximum atomic E-state index is 13.3. The van der Waals surface area contributed by atoms with Crippen LogP contribution in [0.15, 0.2) is 92.6 Å². The Labute approximate surface area is 341 Å². The van der Waals surface area contributed by atoms with Crippen LogP contribution in [0.1, 0.15) is 84.1 Å². The predicted octanol–water partition coefficient (Wildman–Crippen LogP) is 11.0. The van der Waals surface area contributed by atoms with E-state index in [1.807, 2.05) is 38.1 Å². The molecular formula is C44H48F10O6. The molecule has 16 heteroatoms. The SMILES string of the molecule is C=CC(O)(CC1CCOc2cc(C)ccc21)C(F)(F)F.C=CC(O)(CC1CCOc2ccc(C)cc21)C(F)(F)F.C=CC(O)(CC1CCOc2ccc(F)cc21)C(F)(F)F. The van der Waals surface area contributed by atoms with Gasteiger partial charge in [-0.05, 0) is 117 Å². The van der Waals surface area contributed by atoms with Gasteiger partial charge in [0, 0.05) is 5.56 Å². The number of hydrogen-bond donors (Lipinski definition) is 3. The molecule has 0 aliphatic carbocycles. The molecule has 6 nitrogen and oxygen atoms in total. The number of ether oxygens (including phenoxy) is 3. The van der Waals surface area contributed by atoms with Gasteiger partial charge < -0.3 is 29.5 Å². The first-order valence-electron chi connectivity index (χ1n) is 19.0. The molecule has 0 fully saturated rings. The zero-order valence-corrected chi connectivity index (χ0v) is 33.0. The number of fused-ring (bicyclic) bond motifs is 3. The first-order chi connectivity index (χ1) is 27.8. The Kier molecular flexibility index (Phi) is 14.9. The second-order valence-electron chi connectivity index (χ2n) is 15.3. The van der Waals surface area contributed by atoms with E-state index in [0.717, 1.165) is 22.8 Å². The van der Waals surface area contributed by atoms with Crippen LogP contribution in [0.25, 0.3) is 0 Å². The summed E-state index contributed by atoms with van der Waals surface area (Å²) in [4.78, 5) is 0. The lowest BCUT2D eigenvalue weighted by molar-refractivity contribution is -0.243. The highest BCUT2D eigenvalue weighted by Gasteiger charge is 2.55. The molecule has 0 saturated heterocycles. The van der Waals surface area contributed by atoms with E-state index in [1.165, 1.54) is 12.1 Å². The summed E-state index contributed by atoms with van der Waals surface area (Å²) in [7, 11) is 0. The van der Waals surface area contributed by atoms with Crippen molar-refractivity contribution in [3.63, 3.8) is 0 Å². The second-order valence-corrected chi connectivity index (χ2v) is 15.3. The quantitative estimate of drug-likeness (QED) is 0.147. The highest BCUT2D eigenvalue weighted by Crippen LogP contribution is 2.47. The smallest absolute Gasteiger partial charge is 0.420 e. The molecule has 0 radical (unpaired) electrons. The van der Waals surface area contributed by atoms with Crippen LogP contribution in [0, 0.1) is 19.7 Å². The summed E-state index contributed by atoms with van der Waals surface area (Å²) >= 11 is 0.